The summed E-state index contributed by atoms with van der Waals surface area (Å²) in [6.45, 7) is 3.65. The number of nitrogens with zero attached hydrogens (tertiary/aromatic N) is 2. The third kappa shape index (κ3) is 2.70. The van der Waals surface area contributed by atoms with E-state index in [1.54, 1.807) is 25.1 Å². The van der Waals surface area contributed by atoms with E-state index >= 15 is 0 Å². The van der Waals surface area contributed by atoms with Crippen molar-refractivity contribution in [2.75, 3.05) is 0 Å². The van der Waals surface area contributed by atoms with E-state index in [0.717, 1.165) is 11.1 Å². The monoisotopic (exact) mass is 312 g/mol. The molecule has 0 aliphatic carbocycles. The van der Waals surface area contributed by atoms with Crippen LogP contribution < -0.4 is 0 Å². The Morgan fingerprint density at radius 3 is 2.74 bits per heavy atom. The van der Waals surface area contributed by atoms with Crippen molar-refractivity contribution in [3.8, 4) is 22.8 Å². The fraction of sp³-hybridized carbons (Fsp3) is 0.118. The van der Waals surface area contributed by atoms with E-state index in [9.17, 15) is 9.18 Å². The molecule has 1 N–H and O–H groups in total. The van der Waals surface area contributed by atoms with Crippen molar-refractivity contribution in [2.24, 2.45) is 0 Å². The van der Waals surface area contributed by atoms with Crippen LogP contribution in [-0.4, -0.2) is 21.2 Å². The Bertz CT molecular complexity index is 903. The van der Waals surface area contributed by atoms with E-state index in [-0.39, 0.29) is 22.8 Å². The zero-order chi connectivity index (χ0) is 16.6. The van der Waals surface area contributed by atoms with Crippen LogP contribution in [0.4, 0.5) is 4.39 Å². The van der Waals surface area contributed by atoms with Gasteiger partial charge in [0.2, 0.25) is 5.82 Å². The highest BCUT2D eigenvalue weighted by Crippen LogP contribution is 2.29. The Kier molecular flexibility index (Phi) is 3.65. The normalized spacial score (nSPS) is 10.7. The fourth-order valence-electron chi connectivity index (χ4n) is 2.28. The smallest absolute Gasteiger partial charge is 0.335 e. The summed E-state index contributed by atoms with van der Waals surface area (Å²) in [6.07, 6.45) is 0. The lowest BCUT2D eigenvalue weighted by atomic mass is 10.0. The quantitative estimate of drug-likeness (QED) is 0.794. The van der Waals surface area contributed by atoms with Crippen LogP contribution in [0.3, 0.4) is 0 Å². The number of carboxylic acids is 1. The lowest BCUT2D eigenvalue weighted by molar-refractivity contribution is 0.0697. The summed E-state index contributed by atoms with van der Waals surface area (Å²) < 4.78 is 19.3. The molecular weight excluding hydrogens is 299 g/mol. The molecule has 0 saturated heterocycles. The van der Waals surface area contributed by atoms with Gasteiger partial charge in [-0.2, -0.15) is 4.98 Å². The summed E-state index contributed by atoms with van der Waals surface area (Å²) in [6, 6.07) is 9.20. The van der Waals surface area contributed by atoms with E-state index in [1.165, 1.54) is 18.2 Å². The summed E-state index contributed by atoms with van der Waals surface area (Å²) in [7, 11) is 0. The summed E-state index contributed by atoms with van der Waals surface area (Å²) in [4.78, 5) is 15.2. The molecule has 1 aromatic heterocycles. The molecule has 0 radical (unpaired) electrons. The van der Waals surface area contributed by atoms with Crippen molar-refractivity contribution in [1.29, 1.82) is 0 Å². The SMILES string of the molecule is Cc1ccc(F)c(-c2nc(-c3cccc(C(=O)O)c3)no2)c1C. The molecule has 6 heteroatoms. The molecule has 0 aliphatic rings. The predicted molar refractivity (Wildman–Crippen MR) is 81.6 cm³/mol. The van der Waals surface area contributed by atoms with Crippen molar-refractivity contribution in [2.45, 2.75) is 13.8 Å². The number of aromatic carboxylic acids is 1. The Balaban J connectivity index is 2.07. The molecule has 0 unspecified atom stereocenters. The van der Waals surface area contributed by atoms with E-state index in [0.29, 0.717) is 5.56 Å². The van der Waals surface area contributed by atoms with E-state index in [2.05, 4.69) is 10.1 Å². The molecule has 23 heavy (non-hydrogen) atoms. The van der Waals surface area contributed by atoms with Gasteiger partial charge in [-0.25, -0.2) is 9.18 Å². The van der Waals surface area contributed by atoms with Gasteiger partial charge in [-0.05, 0) is 43.2 Å². The van der Waals surface area contributed by atoms with Gasteiger partial charge in [-0.15, -0.1) is 0 Å². The van der Waals surface area contributed by atoms with Gasteiger partial charge in [0, 0.05) is 5.56 Å². The zero-order valence-electron chi connectivity index (χ0n) is 12.5. The lowest BCUT2D eigenvalue weighted by Gasteiger charge is -2.05. The molecule has 0 atom stereocenters. The summed E-state index contributed by atoms with van der Waals surface area (Å²) in [5, 5.41) is 12.9. The minimum absolute atomic E-state index is 0.0689. The number of rotatable bonds is 3. The van der Waals surface area contributed by atoms with Crippen molar-refractivity contribution >= 4 is 5.97 Å². The first-order valence-corrected chi connectivity index (χ1v) is 6.91. The first-order chi connectivity index (χ1) is 11.0. The Labute approximate surface area is 131 Å². The maximum Gasteiger partial charge on any atom is 0.335 e. The second kappa shape index (κ2) is 5.64. The molecule has 5 nitrogen and oxygen atoms in total. The molecule has 0 fully saturated rings. The predicted octanol–water partition coefficient (Wildman–Crippen LogP) is 3.86. The fourth-order valence-corrected chi connectivity index (χ4v) is 2.28. The minimum atomic E-state index is -1.05. The third-order valence-corrected chi connectivity index (χ3v) is 3.69. The average Bonchev–Trinajstić information content (AvgIpc) is 3.01. The summed E-state index contributed by atoms with van der Waals surface area (Å²) >= 11 is 0. The van der Waals surface area contributed by atoms with Crippen LogP contribution >= 0.6 is 0 Å². The largest absolute Gasteiger partial charge is 0.478 e. The number of hydrogen-bond acceptors (Lipinski definition) is 4. The number of carbonyl (C=O) groups is 1. The molecule has 3 aromatic rings. The van der Waals surface area contributed by atoms with Crippen molar-refractivity contribution < 1.29 is 18.8 Å². The number of benzene rings is 2. The Hall–Kier alpha value is -3.02. The van der Waals surface area contributed by atoms with Crippen LogP contribution in [0.2, 0.25) is 0 Å². The van der Waals surface area contributed by atoms with Gasteiger partial charge in [0.05, 0.1) is 11.1 Å². The number of carboxylic acid groups (broad SMARTS) is 1. The molecule has 0 bridgehead atoms. The molecule has 1 heterocycles. The lowest BCUT2D eigenvalue weighted by Crippen LogP contribution is -1.96. The van der Waals surface area contributed by atoms with Gasteiger partial charge in [-0.1, -0.05) is 23.4 Å². The van der Waals surface area contributed by atoms with E-state index < -0.39 is 11.8 Å². The first-order valence-electron chi connectivity index (χ1n) is 6.91. The van der Waals surface area contributed by atoms with Gasteiger partial charge in [0.15, 0.2) is 0 Å². The highest BCUT2D eigenvalue weighted by molar-refractivity contribution is 5.89. The first kappa shape index (κ1) is 14.9. The van der Waals surface area contributed by atoms with Gasteiger partial charge in [0.1, 0.15) is 5.82 Å². The summed E-state index contributed by atoms with van der Waals surface area (Å²) in [5.74, 6) is -1.21. The topological polar surface area (TPSA) is 76.2 Å². The van der Waals surface area contributed by atoms with Gasteiger partial charge in [0.25, 0.3) is 5.89 Å². The van der Waals surface area contributed by atoms with Crippen molar-refractivity contribution in [3.05, 3.63) is 58.9 Å². The van der Waals surface area contributed by atoms with Crippen LogP contribution in [0.25, 0.3) is 22.8 Å². The highest BCUT2D eigenvalue weighted by atomic mass is 19.1. The molecule has 0 aliphatic heterocycles. The molecule has 0 saturated carbocycles. The Morgan fingerprint density at radius 2 is 2.00 bits per heavy atom. The van der Waals surface area contributed by atoms with Gasteiger partial charge >= 0.3 is 5.97 Å². The molecule has 0 spiro atoms. The van der Waals surface area contributed by atoms with Crippen LogP contribution in [0, 0.1) is 19.7 Å². The molecule has 2 aromatic carbocycles. The second-order valence-corrected chi connectivity index (χ2v) is 5.17. The van der Waals surface area contributed by atoms with Crippen LogP contribution in [0.15, 0.2) is 40.9 Å². The average molecular weight is 312 g/mol. The minimum Gasteiger partial charge on any atom is -0.478 e. The third-order valence-electron chi connectivity index (χ3n) is 3.69. The zero-order valence-corrected chi connectivity index (χ0v) is 12.5. The molecule has 0 amide bonds. The van der Waals surface area contributed by atoms with Crippen molar-refractivity contribution in [3.63, 3.8) is 0 Å². The van der Waals surface area contributed by atoms with E-state index in [1.807, 2.05) is 6.92 Å². The molecule has 3 rings (SSSR count). The molecule has 116 valence electrons. The van der Waals surface area contributed by atoms with Crippen molar-refractivity contribution in [1.82, 2.24) is 10.1 Å². The van der Waals surface area contributed by atoms with Crippen LogP contribution in [0.5, 0.6) is 0 Å². The Morgan fingerprint density at radius 1 is 1.22 bits per heavy atom. The summed E-state index contributed by atoms with van der Waals surface area (Å²) in [5.41, 5.74) is 2.50. The standard InChI is InChI=1S/C17H13FN2O3/c1-9-6-7-13(18)14(10(9)2)16-19-15(20-23-16)11-4-3-5-12(8-11)17(21)22/h3-8H,1-2H3,(H,21,22). The maximum atomic E-state index is 14.1. The van der Waals surface area contributed by atoms with Crippen LogP contribution in [-0.2, 0) is 0 Å². The number of halogens is 1. The number of aryl methyl sites for hydroxylation is 1. The van der Waals surface area contributed by atoms with E-state index in [4.69, 9.17) is 9.63 Å². The number of aromatic nitrogens is 2. The number of hydrogen-bond donors (Lipinski definition) is 1. The second-order valence-electron chi connectivity index (χ2n) is 5.17. The molecular formula is C17H13FN2O3. The van der Waals surface area contributed by atoms with Gasteiger partial charge < -0.3 is 9.63 Å². The van der Waals surface area contributed by atoms with Gasteiger partial charge in [-0.3, -0.25) is 0 Å². The maximum absolute atomic E-state index is 14.1. The highest BCUT2D eigenvalue weighted by Gasteiger charge is 2.18. The van der Waals surface area contributed by atoms with Crippen LogP contribution in [0.1, 0.15) is 21.5 Å².